The predicted octanol–water partition coefficient (Wildman–Crippen LogP) is -3.48. The van der Waals surface area contributed by atoms with Gasteiger partial charge in [0.1, 0.15) is 0 Å². The third-order valence-corrected chi connectivity index (χ3v) is 2.82. The van der Waals surface area contributed by atoms with Crippen molar-refractivity contribution in [1.29, 1.82) is 0 Å². The van der Waals surface area contributed by atoms with Crippen LogP contribution < -0.4 is 62.6 Å². The van der Waals surface area contributed by atoms with Crippen LogP contribution in [0.1, 0.15) is 27.8 Å². The van der Waals surface area contributed by atoms with E-state index in [0.29, 0.717) is 4.57 Å². The monoisotopic (exact) mass is 348 g/mol. The van der Waals surface area contributed by atoms with Crippen LogP contribution in [-0.2, 0) is 0 Å². The van der Waals surface area contributed by atoms with Gasteiger partial charge in [0, 0.05) is 0 Å². The van der Waals surface area contributed by atoms with Crippen LogP contribution in [0.3, 0.4) is 0 Å². The van der Waals surface area contributed by atoms with Crippen molar-refractivity contribution in [3.8, 4) is 5.69 Å². The summed E-state index contributed by atoms with van der Waals surface area (Å²) in [5.74, 6) is -3.41. The molecule has 1 aromatic carbocycles. The molecule has 0 bridgehead atoms. The molecule has 1 aromatic heterocycles. The molecule has 0 aliphatic heterocycles. The standard InChI is InChI=1S/C13H10N2O6.K.H2O.H/c1-6-2-4-7(5-3-6)15-9(12(19)20)8(11(17)18)10(16)14-13(15)21;;;/h2-5H,1H3,(H,17,18)(H,19,20)(H,14,16,21);;1H2;/q;+1;;-1. The topological polar surface area (TPSA) is 161 Å². The molecule has 9 nitrogen and oxygen atoms in total. The van der Waals surface area contributed by atoms with Crippen molar-refractivity contribution in [2.75, 3.05) is 0 Å². The number of aromatic nitrogens is 2. The summed E-state index contributed by atoms with van der Waals surface area (Å²) in [5, 5.41) is 18.2. The van der Waals surface area contributed by atoms with Crippen LogP contribution in [0.5, 0.6) is 0 Å². The minimum Gasteiger partial charge on any atom is -1.00 e. The van der Waals surface area contributed by atoms with E-state index in [0.717, 1.165) is 5.56 Å². The van der Waals surface area contributed by atoms with Gasteiger partial charge in [-0.25, -0.2) is 14.4 Å². The Morgan fingerprint density at radius 1 is 1.09 bits per heavy atom. The van der Waals surface area contributed by atoms with Gasteiger partial charge in [-0.05, 0) is 19.1 Å². The number of aromatic amines is 1. The molecule has 0 radical (unpaired) electrons. The van der Waals surface area contributed by atoms with Gasteiger partial charge in [-0.3, -0.25) is 14.3 Å². The van der Waals surface area contributed by atoms with Gasteiger partial charge in [-0.15, -0.1) is 0 Å². The molecule has 1 heterocycles. The average molecular weight is 348 g/mol. The van der Waals surface area contributed by atoms with Crippen LogP contribution in [0.4, 0.5) is 0 Å². The van der Waals surface area contributed by atoms with Gasteiger partial charge in [-0.2, -0.15) is 0 Å². The molecule has 0 fully saturated rings. The minimum atomic E-state index is -1.73. The number of aromatic carboxylic acids is 2. The van der Waals surface area contributed by atoms with E-state index in [4.69, 9.17) is 5.11 Å². The number of H-pyrrole nitrogens is 1. The number of benzene rings is 1. The quantitative estimate of drug-likeness (QED) is 0.488. The fourth-order valence-electron chi connectivity index (χ4n) is 1.88. The van der Waals surface area contributed by atoms with E-state index in [9.17, 15) is 24.3 Å². The molecule has 23 heavy (non-hydrogen) atoms. The van der Waals surface area contributed by atoms with E-state index in [1.54, 1.807) is 24.0 Å². The van der Waals surface area contributed by atoms with Crippen molar-refractivity contribution < 1.29 is 78.1 Å². The molecule has 2 aromatic rings. The minimum absolute atomic E-state index is 0. The first kappa shape index (κ1) is 21.4. The zero-order chi connectivity index (χ0) is 15.7. The van der Waals surface area contributed by atoms with Crippen molar-refractivity contribution in [2.45, 2.75) is 6.92 Å². The number of hydrogen-bond acceptors (Lipinski definition) is 4. The van der Waals surface area contributed by atoms with Crippen LogP contribution in [0.25, 0.3) is 5.69 Å². The molecule has 0 unspecified atom stereocenters. The number of rotatable bonds is 3. The second kappa shape index (κ2) is 8.33. The van der Waals surface area contributed by atoms with Gasteiger partial charge in [0.2, 0.25) is 0 Å². The Morgan fingerprint density at radius 2 is 1.61 bits per heavy atom. The maximum atomic E-state index is 11.9. The molecular weight excluding hydrogens is 335 g/mol. The van der Waals surface area contributed by atoms with Crippen molar-refractivity contribution in [1.82, 2.24) is 9.55 Å². The first-order valence-corrected chi connectivity index (χ1v) is 5.76. The molecular formula is C13H13KN2O7. The van der Waals surface area contributed by atoms with E-state index in [1.165, 1.54) is 12.1 Å². The van der Waals surface area contributed by atoms with Crippen molar-refractivity contribution in [3.05, 3.63) is 61.9 Å². The third-order valence-electron chi connectivity index (χ3n) is 2.82. The van der Waals surface area contributed by atoms with E-state index in [-0.39, 0.29) is 64.0 Å². The van der Waals surface area contributed by atoms with E-state index in [2.05, 4.69) is 0 Å². The maximum absolute atomic E-state index is 11.9. The second-order valence-electron chi connectivity index (χ2n) is 4.26. The Hall–Kier alpha value is -1.56. The molecule has 0 saturated carbocycles. The Kier molecular flexibility index (Phi) is 7.77. The molecule has 0 saturated heterocycles. The molecule has 118 valence electrons. The fraction of sp³-hybridized carbons (Fsp3) is 0.0769. The number of carboxylic acid groups (broad SMARTS) is 2. The van der Waals surface area contributed by atoms with Gasteiger partial charge < -0.3 is 17.1 Å². The zero-order valence-corrected chi connectivity index (χ0v) is 15.4. The first-order valence-electron chi connectivity index (χ1n) is 5.76. The molecule has 0 spiro atoms. The SMILES string of the molecule is Cc1ccc(-n2c(C(=O)O)c(C(=O)O)c(=O)[nH]c2=O)cc1.O.[H-].[K+]. The van der Waals surface area contributed by atoms with Crippen molar-refractivity contribution >= 4 is 11.9 Å². The molecule has 0 amide bonds. The first-order chi connectivity index (χ1) is 9.82. The molecule has 0 aliphatic rings. The zero-order valence-electron chi connectivity index (χ0n) is 13.3. The summed E-state index contributed by atoms with van der Waals surface area (Å²) in [7, 11) is 0. The molecule has 0 atom stereocenters. The number of carboxylic acids is 2. The number of nitrogens with one attached hydrogen (secondary N) is 1. The molecule has 2 rings (SSSR count). The Labute approximate surface area is 172 Å². The maximum Gasteiger partial charge on any atom is 1.00 e. The number of aryl methyl sites for hydroxylation is 1. The Morgan fingerprint density at radius 3 is 2.04 bits per heavy atom. The van der Waals surface area contributed by atoms with Crippen LogP contribution in [0.15, 0.2) is 33.9 Å². The van der Waals surface area contributed by atoms with Crippen LogP contribution in [0.2, 0.25) is 0 Å². The van der Waals surface area contributed by atoms with Gasteiger partial charge in [-0.1, -0.05) is 17.7 Å². The average Bonchev–Trinajstić information content (AvgIpc) is 2.38. The smallest absolute Gasteiger partial charge is 1.00 e. The molecule has 0 aliphatic carbocycles. The summed E-state index contributed by atoms with van der Waals surface area (Å²) in [6, 6.07) is 6.15. The third kappa shape index (κ3) is 4.25. The van der Waals surface area contributed by atoms with Gasteiger partial charge in [0.15, 0.2) is 11.3 Å². The molecule has 5 N–H and O–H groups in total. The summed E-state index contributed by atoms with van der Waals surface area (Å²) in [5.41, 5.74) is -3.16. The molecule has 10 heteroatoms. The number of carbonyl (C=O) groups is 2. The van der Waals surface area contributed by atoms with E-state index in [1.807, 2.05) is 0 Å². The van der Waals surface area contributed by atoms with Gasteiger partial charge >= 0.3 is 69.0 Å². The van der Waals surface area contributed by atoms with Gasteiger partial charge in [0.25, 0.3) is 5.56 Å². The van der Waals surface area contributed by atoms with Gasteiger partial charge in [0.05, 0.1) is 5.69 Å². The Bertz CT molecular complexity index is 858. The largest absolute Gasteiger partial charge is 1.00 e. The summed E-state index contributed by atoms with van der Waals surface area (Å²) < 4.78 is 0.645. The fourth-order valence-corrected chi connectivity index (χ4v) is 1.88. The van der Waals surface area contributed by atoms with E-state index >= 15 is 0 Å². The summed E-state index contributed by atoms with van der Waals surface area (Å²) in [4.78, 5) is 47.6. The van der Waals surface area contributed by atoms with E-state index < -0.39 is 34.4 Å². The van der Waals surface area contributed by atoms with Crippen LogP contribution in [0, 0.1) is 6.92 Å². The van der Waals surface area contributed by atoms with Crippen LogP contribution >= 0.6 is 0 Å². The summed E-state index contributed by atoms with van der Waals surface area (Å²) >= 11 is 0. The second-order valence-corrected chi connectivity index (χ2v) is 4.26. The Balaban J connectivity index is 0. The van der Waals surface area contributed by atoms with Crippen LogP contribution in [-0.4, -0.2) is 37.2 Å². The number of nitrogens with zero attached hydrogens (tertiary/aromatic N) is 1. The van der Waals surface area contributed by atoms with Crippen molar-refractivity contribution in [3.63, 3.8) is 0 Å². The van der Waals surface area contributed by atoms with Crippen molar-refractivity contribution in [2.24, 2.45) is 0 Å². The summed E-state index contributed by atoms with van der Waals surface area (Å²) in [6.45, 7) is 1.79. The predicted molar refractivity (Wildman–Crippen MR) is 76.0 cm³/mol. The number of hydrogen-bond donors (Lipinski definition) is 3. The normalized spacial score (nSPS) is 9.43. The summed E-state index contributed by atoms with van der Waals surface area (Å²) in [6.07, 6.45) is 0.